The third-order valence-electron chi connectivity index (χ3n) is 6.92. The Hall–Kier alpha value is -3.72. The van der Waals surface area contributed by atoms with E-state index in [1.54, 1.807) is 31.3 Å². The van der Waals surface area contributed by atoms with Gasteiger partial charge in [0.1, 0.15) is 11.2 Å². The minimum absolute atomic E-state index is 0.0324. The fourth-order valence-corrected chi connectivity index (χ4v) is 5.16. The van der Waals surface area contributed by atoms with Crippen molar-refractivity contribution in [3.8, 4) is 0 Å². The molecule has 1 aliphatic carbocycles. The van der Waals surface area contributed by atoms with Crippen LogP contribution in [0, 0.1) is 0 Å². The summed E-state index contributed by atoms with van der Waals surface area (Å²) in [5, 5.41) is 4.62. The zero-order valence-electron chi connectivity index (χ0n) is 24.3. The summed E-state index contributed by atoms with van der Waals surface area (Å²) in [6.45, 7) is 12.4. The number of anilines is 3. The normalized spacial score (nSPS) is 15.4. The third kappa shape index (κ3) is 6.36. The van der Waals surface area contributed by atoms with Crippen molar-refractivity contribution in [3.63, 3.8) is 0 Å². The van der Waals surface area contributed by atoms with Crippen LogP contribution in [-0.4, -0.2) is 46.6 Å². The van der Waals surface area contributed by atoms with Crippen LogP contribution in [0.3, 0.4) is 0 Å². The van der Waals surface area contributed by atoms with Gasteiger partial charge in [-0.05, 0) is 31.0 Å². The first kappa shape index (κ1) is 29.3. The second-order valence-electron chi connectivity index (χ2n) is 9.96. The van der Waals surface area contributed by atoms with Crippen molar-refractivity contribution in [2.45, 2.75) is 72.8 Å². The van der Waals surface area contributed by atoms with Crippen molar-refractivity contribution < 1.29 is 13.9 Å². The average Bonchev–Trinajstić information content (AvgIpc) is 3.63. The highest BCUT2D eigenvalue weighted by Crippen LogP contribution is 2.35. The van der Waals surface area contributed by atoms with Crippen molar-refractivity contribution in [2.75, 3.05) is 36.5 Å². The van der Waals surface area contributed by atoms with Gasteiger partial charge >= 0.3 is 0 Å². The molecule has 2 fully saturated rings. The maximum absolute atomic E-state index is 12.7. The smallest absolute Gasteiger partial charge is 0.229 e. The van der Waals surface area contributed by atoms with Crippen LogP contribution >= 0.6 is 0 Å². The summed E-state index contributed by atoms with van der Waals surface area (Å²) in [6.07, 6.45) is 7.41. The summed E-state index contributed by atoms with van der Waals surface area (Å²) in [5.41, 5.74) is 2.58. The third-order valence-corrected chi connectivity index (χ3v) is 6.92. The van der Waals surface area contributed by atoms with E-state index < -0.39 is 0 Å². The summed E-state index contributed by atoms with van der Waals surface area (Å²) in [5.74, 6) is 1.01. The molecule has 1 saturated heterocycles. The molecule has 9 heteroatoms. The number of hydrogen-bond acceptors (Lipinski definition) is 8. The summed E-state index contributed by atoms with van der Waals surface area (Å²) < 4.78 is 13.6. The number of morpholine rings is 1. The molecule has 1 N–H and O–H groups in total. The van der Waals surface area contributed by atoms with E-state index in [2.05, 4.69) is 28.7 Å². The van der Waals surface area contributed by atoms with Crippen molar-refractivity contribution in [3.05, 3.63) is 52.4 Å². The number of carbonyl (C=O) groups excluding carboxylic acids is 1. The minimum Gasteiger partial charge on any atom is -0.440 e. The molecule has 9 nitrogen and oxygen atoms in total. The number of ketones is 1. The van der Waals surface area contributed by atoms with E-state index >= 15 is 0 Å². The lowest BCUT2D eigenvalue weighted by molar-refractivity contribution is 0.100. The number of nitrogens with zero attached hydrogens (tertiary/aromatic N) is 4. The Morgan fingerprint density at radius 3 is 2.45 bits per heavy atom. The molecule has 1 aromatic carbocycles. The quantitative estimate of drug-likeness (QED) is 0.270. The van der Waals surface area contributed by atoms with Crippen LogP contribution in [0.1, 0.15) is 83.3 Å². The Kier molecular flexibility index (Phi) is 9.93. The fraction of sp³-hybridized carbons (Fsp3) is 0.484. The highest BCUT2D eigenvalue weighted by molar-refractivity contribution is 5.98. The van der Waals surface area contributed by atoms with Crippen LogP contribution in [0.2, 0.25) is 0 Å². The molecule has 4 aromatic rings. The molecular weight excluding hydrogens is 506 g/mol. The van der Waals surface area contributed by atoms with Gasteiger partial charge in [0.25, 0.3) is 0 Å². The first-order valence-electron chi connectivity index (χ1n) is 14.5. The molecule has 214 valence electrons. The largest absolute Gasteiger partial charge is 0.440 e. The van der Waals surface area contributed by atoms with Crippen molar-refractivity contribution >= 4 is 45.3 Å². The molecule has 1 saturated carbocycles. The number of benzene rings is 1. The van der Waals surface area contributed by atoms with Gasteiger partial charge in [-0.2, -0.15) is 4.98 Å². The lowest BCUT2D eigenvalue weighted by Gasteiger charge is -2.27. The van der Waals surface area contributed by atoms with Gasteiger partial charge in [0.2, 0.25) is 5.95 Å². The molecule has 2 aliphatic rings. The molecule has 1 aliphatic heterocycles. The van der Waals surface area contributed by atoms with Gasteiger partial charge in [-0.1, -0.05) is 47.0 Å². The van der Waals surface area contributed by atoms with Gasteiger partial charge in [0.15, 0.2) is 17.1 Å². The molecule has 0 unspecified atom stereocenters. The van der Waals surface area contributed by atoms with Crippen molar-refractivity contribution in [1.82, 2.24) is 14.5 Å². The van der Waals surface area contributed by atoms with Crippen LogP contribution in [-0.2, 0) is 4.74 Å². The maximum atomic E-state index is 12.7. The number of Topliss-reactive ketones (excluding diaryl/α,β-unsaturated/α-hetero) is 1. The van der Waals surface area contributed by atoms with E-state index in [0.29, 0.717) is 60.5 Å². The van der Waals surface area contributed by atoms with Gasteiger partial charge in [-0.3, -0.25) is 9.59 Å². The van der Waals surface area contributed by atoms with Gasteiger partial charge in [-0.25, -0.2) is 4.98 Å². The van der Waals surface area contributed by atoms with E-state index in [1.807, 2.05) is 30.9 Å². The first-order chi connectivity index (χ1) is 19.5. The molecular formula is C31H41N5O4. The zero-order valence-corrected chi connectivity index (χ0v) is 24.3. The molecule has 0 bridgehead atoms. The van der Waals surface area contributed by atoms with Crippen LogP contribution in [0.15, 0.2) is 45.7 Å². The second-order valence-corrected chi connectivity index (χ2v) is 9.96. The van der Waals surface area contributed by atoms with Crippen molar-refractivity contribution in [2.24, 2.45) is 0 Å². The van der Waals surface area contributed by atoms with Gasteiger partial charge in [0.05, 0.1) is 24.3 Å². The fourth-order valence-electron chi connectivity index (χ4n) is 5.16. The number of aromatic nitrogens is 3. The maximum Gasteiger partial charge on any atom is 0.229 e. The molecule has 40 heavy (non-hydrogen) atoms. The molecule has 6 rings (SSSR count). The monoisotopic (exact) mass is 547 g/mol. The lowest BCUT2D eigenvalue weighted by atomic mass is 10.2. The van der Waals surface area contributed by atoms with E-state index in [4.69, 9.17) is 14.1 Å². The standard InChI is InChI=1S/C26H27N5O4.C3H8.C2H6/c1-16(32)21-12-17-15-27-26(29-25(17)31(21)19-4-2-3-5-19)28-18-6-7-20-22(33)14-24(35-23(20)13-18)30-8-10-34-11-9-30;1-3-2;1-2/h6-7,12-15,19H,2-5,8-11H2,1H3,(H,27,28,29);3H2,1-2H3;1-2H3. The van der Waals surface area contributed by atoms with Gasteiger partial charge in [0, 0.05) is 55.5 Å². The van der Waals surface area contributed by atoms with Gasteiger partial charge in [-0.15, -0.1) is 0 Å². The van der Waals surface area contributed by atoms with E-state index in [0.717, 1.165) is 36.7 Å². The second kappa shape index (κ2) is 13.6. The summed E-state index contributed by atoms with van der Waals surface area (Å²) in [4.78, 5) is 36.3. The van der Waals surface area contributed by atoms with Crippen LogP contribution in [0.4, 0.5) is 17.5 Å². The Balaban J connectivity index is 0.000000695. The first-order valence-corrected chi connectivity index (χ1v) is 14.5. The minimum atomic E-state index is -0.0804. The number of carbonyl (C=O) groups is 1. The molecule has 0 amide bonds. The Morgan fingerprint density at radius 1 is 1.07 bits per heavy atom. The molecule has 3 aromatic heterocycles. The highest BCUT2D eigenvalue weighted by Gasteiger charge is 2.24. The van der Waals surface area contributed by atoms with Crippen LogP contribution < -0.4 is 15.6 Å². The number of fused-ring (bicyclic) bond motifs is 2. The van der Waals surface area contributed by atoms with E-state index in [-0.39, 0.29) is 17.3 Å². The SMILES string of the molecule is CC.CC(=O)c1cc2cnc(Nc3ccc4c(=O)cc(N5CCOCC5)oc4c3)nc2n1C1CCCC1.CCC. The molecule has 0 radical (unpaired) electrons. The predicted octanol–water partition coefficient (Wildman–Crippen LogP) is 6.88. The van der Waals surface area contributed by atoms with Crippen LogP contribution in [0.25, 0.3) is 22.0 Å². The summed E-state index contributed by atoms with van der Waals surface area (Å²) >= 11 is 0. The van der Waals surface area contributed by atoms with Crippen molar-refractivity contribution in [1.29, 1.82) is 0 Å². The number of rotatable bonds is 5. The number of nitrogens with one attached hydrogen (secondary N) is 1. The van der Waals surface area contributed by atoms with Gasteiger partial charge < -0.3 is 23.9 Å². The average molecular weight is 548 g/mol. The Morgan fingerprint density at radius 2 is 1.77 bits per heavy atom. The highest BCUT2D eigenvalue weighted by atomic mass is 16.5. The summed E-state index contributed by atoms with van der Waals surface area (Å²) in [6, 6.07) is 9.07. The topological polar surface area (TPSA) is 102 Å². The Labute approximate surface area is 235 Å². The van der Waals surface area contributed by atoms with Crippen LogP contribution in [0.5, 0.6) is 0 Å². The summed E-state index contributed by atoms with van der Waals surface area (Å²) in [7, 11) is 0. The number of ether oxygens (including phenoxy) is 1. The lowest BCUT2D eigenvalue weighted by Crippen LogP contribution is -2.36. The number of hydrogen-bond donors (Lipinski definition) is 1. The zero-order chi connectivity index (χ0) is 28.6. The van der Waals surface area contributed by atoms with E-state index in [9.17, 15) is 9.59 Å². The molecule has 4 heterocycles. The Bertz CT molecular complexity index is 1500. The van der Waals surface area contributed by atoms with E-state index in [1.165, 1.54) is 6.42 Å². The molecule has 0 spiro atoms. The molecule has 0 atom stereocenters. The predicted molar refractivity (Wildman–Crippen MR) is 161 cm³/mol.